The van der Waals surface area contributed by atoms with E-state index in [4.69, 9.17) is 11.6 Å². The van der Waals surface area contributed by atoms with Crippen LogP contribution in [0.3, 0.4) is 0 Å². The summed E-state index contributed by atoms with van der Waals surface area (Å²) in [7, 11) is 0. The Bertz CT molecular complexity index is 608. The van der Waals surface area contributed by atoms with Crippen molar-refractivity contribution in [2.45, 2.75) is 19.4 Å². The molecule has 0 saturated heterocycles. The number of nitrogens with zero attached hydrogens (tertiary/aromatic N) is 1. The molecule has 0 spiro atoms. The van der Waals surface area contributed by atoms with E-state index in [-0.39, 0.29) is 5.78 Å². The zero-order valence-corrected chi connectivity index (χ0v) is 12.0. The van der Waals surface area contributed by atoms with Gasteiger partial charge >= 0.3 is 0 Å². The molecule has 1 aliphatic rings. The summed E-state index contributed by atoms with van der Waals surface area (Å²) in [6.45, 7) is 1.74. The molecule has 1 aromatic carbocycles. The molecular formula is C15H14ClNOS. The summed E-state index contributed by atoms with van der Waals surface area (Å²) in [5, 5.41) is 0. The van der Waals surface area contributed by atoms with Gasteiger partial charge in [0, 0.05) is 29.1 Å². The van der Waals surface area contributed by atoms with E-state index in [0.717, 1.165) is 35.1 Å². The van der Waals surface area contributed by atoms with E-state index in [0.29, 0.717) is 6.42 Å². The van der Waals surface area contributed by atoms with E-state index in [1.807, 2.05) is 30.3 Å². The van der Waals surface area contributed by atoms with Crippen molar-refractivity contribution in [1.82, 2.24) is 0 Å². The van der Waals surface area contributed by atoms with E-state index in [1.54, 1.807) is 11.3 Å². The van der Waals surface area contributed by atoms with Crippen molar-refractivity contribution in [3.63, 3.8) is 0 Å². The quantitative estimate of drug-likeness (QED) is 0.818. The maximum absolute atomic E-state index is 12.1. The average Bonchev–Trinajstić information content (AvgIpc) is 2.75. The fourth-order valence-corrected chi connectivity index (χ4v) is 3.56. The van der Waals surface area contributed by atoms with E-state index < -0.39 is 0 Å². The number of halogens is 1. The highest BCUT2D eigenvalue weighted by molar-refractivity contribution is 7.16. The molecule has 0 N–H and O–H groups in total. The third-order valence-corrected chi connectivity index (χ3v) is 4.57. The molecule has 19 heavy (non-hydrogen) atoms. The third-order valence-electron chi connectivity index (χ3n) is 3.35. The Kier molecular flexibility index (Phi) is 3.58. The van der Waals surface area contributed by atoms with Crippen molar-refractivity contribution in [1.29, 1.82) is 0 Å². The second-order valence-electron chi connectivity index (χ2n) is 4.67. The first-order valence-electron chi connectivity index (χ1n) is 6.35. The Labute approximate surface area is 121 Å². The molecule has 3 rings (SSSR count). The van der Waals surface area contributed by atoms with Crippen molar-refractivity contribution in [2.75, 3.05) is 11.4 Å². The molecule has 2 aromatic rings. The van der Waals surface area contributed by atoms with Gasteiger partial charge in [0.25, 0.3) is 0 Å². The molecule has 0 atom stereocenters. The first kappa shape index (κ1) is 12.7. The van der Waals surface area contributed by atoms with Gasteiger partial charge in [0.1, 0.15) is 0 Å². The number of para-hydroxylation sites is 1. The van der Waals surface area contributed by atoms with Gasteiger partial charge < -0.3 is 4.90 Å². The Morgan fingerprint density at radius 1 is 1.21 bits per heavy atom. The summed E-state index contributed by atoms with van der Waals surface area (Å²) in [6, 6.07) is 11.9. The third kappa shape index (κ3) is 2.67. The van der Waals surface area contributed by atoms with Crippen LogP contribution in [0, 0.1) is 0 Å². The molecule has 1 aromatic heterocycles. The number of anilines is 1. The molecular weight excluding hydrogens is 278 g/mol. The highest BCUT2D eigenvalue weighted by Gasteiger charge is 2.20. The number of thiophene rings is 1. The molecule has 0 saturated carbocycles. The summed E-state index contributed by atoms with van der Waals surface area (Å²) in [6.07, 6.45) is 1.55. The van der Waals surface area contributed by atoms with Crippen LogP contribution in [0.1, 0.15) is 28.1 Å². The fraction of sp³-hybridized carbons (Fsp3) is 0.267. The molecule has 0 radical (unpaired) electrons. The van der Waals surface area contributed by atoms with Gasteiger partial charge in [-0.15, -0.1) is 11.3 Å². The number of hydrogen-bond donors (Lipinski definition) is 0. The summed E-state index contributed by atoms with van der Waals surface area (Å²) in [4.78, 5) is 15.6. The number of hydrogen-bond acceptors (Lipinski definition) is 3. The number of ketones is 1. The van der Waals surface area contributed by atoms with Crippen LogP contribution in [0.4, 0.5) is 5.69 Å². The van der Waals surface area contributed by atoms with E-state index in [9.17, 15) is 4.79 Å². The monoisotopic (exact) mass is 291 g/mol. The highest BCUT2D eigenvalue weighted by atomic mass is 35.5. The standard InChI is InChI=1S/C15H14ClNOS/c16-15-8-7-11(19-15)10-17-9-3-6-14(18)12-4-1-2-5-13(12)17/h1-2,4-5,7-8H,3,6,9-10H2. The number of fused-ring (bicyclic) bond motifs is 1. The summed E-state index contributed by atoms with van der Waals surface area (Å²) in [5.74, 6) is 0.252. The van der Waals surface area contributed by atoms with E-state index in [1.165, 1.54) is 4.88 Å². The lowest BCUT2D eigenvalue weighted by Gasteiger charge is -2.23. The molecule has 4 heteroatoms. The lowest BCUT2D eigenvalue weighted by molar-refractivity contribution is 0.0984. The second-order valence-corrected chi connectivity index (χ2v) is 6.47. The Balaban J connectivity index is 1.93. The average molecular weight is 292 g/mol. The van der Waals surface area contributed by atoms with Crippen LogP contribution in [0.25, 0.3) is 0 Å². The Hall–Kier alpha value is -1.32. The molecule has 0 bridgehead atoms. The molecule has 0 unspecified atom stereocenters. The van der Waals surface area contributed by atoms with Gasteiger partial charge in [0.05, 0.1) is 10.9 Å². The first-order valence-corrected chi connectivity index (χ1v) is 7.55. The number of Topliss-reactive ketones (excluding diaryl/α,β-unsaturated/α-hetero) is 1. The summed E-state index contributed by atoms with van der Waals surface area (Å²) < 4.78 is 0.814. The van der Waals surface area contributed by atoms with Gasteiger partial charge in [0.15, 0.2) is 5.78 Å². The molecule has 98 valence electrons. The van der Waals surface area contributed by atoms with Crippen molar-refractivity contribution < 1.29 is 4.79 Å². The van der Waals surface area contributed by atoms with Gasteiger partial charge in [-0.2, -0.15) is 0 Å². The minimum Gasteiger partial charge on any atom is -0.366 e. The van der Waals surface area contributed by atoms with E-state index in [2.05, 4.69) is 11.0 Å². The van der Waals surface area contributed by atoms with Crippen LogP contribution < -0.4 is 4.90 Å². The van der Waals surface area contributed by atoms with E-state index >= 15 is 0 Å². The summed E-state index contributed by atoms with van der Waals surface area (Å²) in [5.41, 5.74) is 1.90. The second kappa shape index (κ2) is 5.35. The number of carbonyl (C=O) groups is 1. The van der Waals surface area contributed by atoms with Crippen molar-refractivity contribution in [3.8, 4) is 0 Å². The van der Waals surface area contributed by atoms with Gasteiger partial charge in [-0.3, -0.25) is 4.79 Å². The maximum Gasteiger partial charge on any atom is 0.165 e. The minimum atomic E-state index is 0.252. The number of benzene rings is 1. The molecule has 0 aliphatic carbocycles. The van der Waals surface area contributed by atoms with Crippen LogP contribution in [-0.2, 0) is 6.54 Å². The largest absolute Gasteiger partial charge is 0.366 e. The summed E-state index contributed by atoms with van der Waals surface area (Å²) >= 11 is 7.58. The zero-order valence-electron chi connectivity index (χ0n) is 10.4. The number of rotatable bonds is 2. The van der Waals surface area contributed by atoms with Gasteiger partial charge in [0.2, 0.25) is 0 Å². The highest BCUT2D eigenvalue weighted by Crippen LogP contribution is 2.30. The van der Waals surface area contributed by atoms with Crippen molar-refractivity contribution in [2.24, 2.45) is 0 Å². The van der Waals surface area contributed by atoms with Crippen LogP contribution in [0.2, 0.25) is 4.34 Å². The van der Waals surface area contributed by atoms with Crippen LogP contribution in [0.15, 0.2) is 36.4 Å². The predicted molar refractivity (Wildman–Crippen MR) is 80.4 cm³/mol. The lowest BCUT2D eigenvalue weighted by atomic mass is 10.1. The SMILES string of the molecule is O=C1CCCN(Cc2ccc(Cl)s2)c2ccccc21. The smallest absolute Gasteiger partial charge is 0.165 e. The zero-order chi connectivity index (χ0) is 13.2. The number of carbonyl (C=O) groups excluding carboxylic acids is 1. The Morgan fingerprint density at radius 3 is 2.84 bits per heavy atom. The van der Waals surface area contributed by atoms with Gasteiger partial charge in [-0.1, -0.05) is 23.7 Å². The normalized spacial score (nSPS) is 15.2. The van der Waals surface area contributed by atoms with Crippen molar-refractivity contribution >= 4 is 34.4 Å². The molecule has 2 nitrogen and oxygen atoms in total. The molecule has 2 heterocycles. The van der Waals surface area contributed by atoms with Gasteiger partial charge in [-0.05, 0) is 30.7 Å². The predicted octanol–water partition coefficient (Wildman–Crippen LogP) is 4.38. The first-order chi connectivity index (χ1) is 9.24. The topological polar surface area (TPSA) is 20.3 Å². The van der Waals surface area contributed by atoms with Crippen LogP contribution in [-0.4, -0.2) is 12.3 Å². The molecule has 0 fully saturated rings. The minimum absolute atomic E-state index is 0.252. The fourth-order valence-electron chi connectivity index (χ4n) is 2.46. The van der Waals surface area contributed by atoms with Gasteiger partial charge in [-0.25, -0.2) is 0 Å². The molecule has 1 aliphatic heterocycles. The Morgan fingerprint density at radius 2 is 2.05 bits per heavy atom. The van der Waals surface area contributed by atoms with Crippen LogP contribution in [0.5, 0.6) is 0 Å². The lowest BCUT2D eigenvalue weighted by Crippen LogP contribution is -2.22. The van der Waals surface area contributed by atoms with Crippen molar-refractivity contribution in [3.05, 3.63) is 51.2 Å². The molecule has 0 amide bonds. The van der Waals surface area contributed by atoms with Crippen LogP contribution >= 0.6 is 22.9 Å². The maximum atomic E-state index is 12.1.